The highest BCUT2D eigenvalue weighted by Crippen LogP contribution is 2.16. The largest absolute Gasteiger partial charge is 0.497 e. The minimum atomic E-state index is -0.493. The Bertz CT molecular complexity index is 1030. The first kappa shape index (κ1) is 22.2. The second kappa shape index (κ2) is 11.1. The number of amides is 2. The molecule has 0 aliphatic heterocycles. The fraction of sp³-hybridized carbons (Fsp3) is 0.182. The van der Waals surface area contributed by atoms with Crippen molar-refractivity contribution in [3.05, 3.63) is 77.6 Å². The summed E-state index contributed by atoms with van der Waals surface area (Å²) in [4.78, 5) is 24.1. The lowest BCUT2D eigenvalue weighted by atomic mass is 10.1. The Labute approximate surface area is 183 Å². The van der Waals surface area contributed by atoms with Crippen LogP contribution in [0.4, 0.5) is 10.2 Å². The Morgan fingerprint density at radius 1 is 1.06 bits per heavy atom. The number of carbonyl (C=O) groups excluding carboxylic acids is 2. The smallest absolute Gasteiger partial charge is 0.256 e. The van der Waals surface area contributed by atoms with Crippen LogP contribution in [0.1, 0.15) is 15.9 Å². The summed E-state index contributed by atoms with van der Waals surface area (Å²) in [5.74, 6) is 0.154. The summed E-state index contributed by atoms with van der Waals surface area (Å²) in [5, 5.41) is 13.9. The predicted octanol–water partition coefficient (Wildman–Crippen LogP) is 3.33. The maximum absolute atomic E-state index is 13.2. The molecule has 2 amide bonds. The normalized spacial score (nSPS) is 10.4. The number of carbonyl (C=O) groups is 2. The van der Waals surface area contributed by atoms with Crippen LogP contribution in [0.2, 0.25) is 0 Å². The molecule has 0 aliphatic carbocycles. The molecule has 0 unspecified atom stereocenters. The third kappa shape index (κ3) is 7.07. The van der Waals surface area contributed by atoms with Gasteiger partial charge in [-0.25, -0.2) is 4.39 Å². The molecule has 0 fully saturated rings. The highest BCUT2D eigenvalue weighted by Gasteiger charge is 2.09. The van der Waals surface area contributed by atoms with Gasteiger partial charge in [0.05, 0.1) is 12.9 Å². The van der Waals surface area contributed by atoms with E-state index in [4.69, 9.17) is 4.74 Å². The third-order valence-electron chi connectivity index (χ3n) is 4.21. The van der Waals surface area contributed by atoms with Crippen molar-refractivity contribution in [3.63, 3.8) is 0 Å². The van der Waals surface area contributed by atoms with Crippen LogP contribution < -0.4 is 15.4 Å². The van der Waals surface area contributed by atoms with Gasteiger partial charge in [-0.05, 0) is 54.4 Å². The number of methoxy groups -OCH3 is 1. The third-order valence-corrected chi connectivity index (χ3v) is 5.13. The molecule has 0 saturated carbocycles. The van der Waals surface area contributed by atoms with Crippen molar-refractivity contribution >= 4 is 29.4 Å². The summed E-state index contributed by atoms with van der Waals surface area (Å²) in [5.41, 5.74) is 1.29. The van der Waals surface area contributed by atoms with E-state index in [2.05, 4.69) is 20.8 Å². The Kier molecular flexibility index (Phi) is 7.94. The summed E-state index contributed by atoms with van der Waals surface area (Å²) < 4.78 is 18.3. The summed E-state index contributed by atoms with van der Waals surface area (Å²) in [6, 6.07) is 16.3. The van der Waals surface area contributed by atoms with E-state index in [0.29, 0.717) is 11.6 Å². The second-order valence-corrected chi connectivity index (χ2v) is 7.45. The number of halogens is 1. The molecule has 0 spiro atoms. The van der Waals surface area contributed by atoms with E-state index in [-0.39, 0.29) is 23.0 Å². The average Bonchev–Trinajstić information content (AvgIpc) is 2.79. The van der Waals surface area contributed by atoms with Crippen LogP contribution in [0.3, 0.4) is 0 Å². The zero-order valence-electron chi connectivity index (χ0n) is 16.8. The van der Waals surface area contributed by atoms with Crippen molar-refractivity contribution in [2.75, 3.05) is 24.7 Å². The van der Waals surface area contributed by atoms with Crippen LogP contribution in [-0.4, -0.2) is 41.4 Å². The van der Waals surface area contributed by atoms with E-state index in [1.54, 1.807) is 19.2 Å². The number of nitrogens with zero attached hydrogens (tertiary/aromatic N) is 2. The summed E-state index contributed by atoms with van der Waals surface area (Å²) in [7, 11) is 1.62. The maximum atomic E-state index is 13.2. The molecule has 31 heavy (non-hydrogen) atoms. The van der Waals surface area contributed by atoms with E-state index in [1.165, 1.54) is 30.0 Å². The van der Waals surface area contributed by atoms with E-state index < -0.39 is 11.7 Å². The van der Waals surface area contributed by atoms with E-state index in [1.807, 2.05) is 24.3 Å². The summed E-state index contributed by atoms with van der Waals surface area (Å²) >= 11 is 1.24. The van der Waals surface area contributed by atoms with Gasteiger partial charge in [-0.15, -0.1) is 10.2 Å². The maximum Gasteiger partial charge on any atom is 0.256 e. The molecule has 2 aromatic carbocycles. The van der Waals surface area contributed by atoms with E-state index in [0.717, 1.165) is 23.8 Å². The number of thioether (sulfide) groups is 1. The standard InChI is InChI=1S/C22H21FN4O3S/c1-30-18-7-5-15(6-8-18)11-12-24-20(28)14-31-21-10-9-19(26-27-21)25-22(29)16-3-2-4-17(23)13-16/h2-10,13H,11-12,14H2,1H3,(H,24,28)(H,25,26,29). The SMILES string of the molecule is COc1ccc(CCNC(=O)CSc2ccc(NC(=O)c3cccc(F)c3)nn2)cc1. The van der Waals surface area contributed by atoms with Crippen LogP contribution in [0, 0.1) is 5.82 Å². The number of hydrogen-bond acceptors (Lipinski definition) is 6. The number of aromatic nitrogens is 2. The minimum absolute atomic E-state index is 0.108. The van der Waals surface area contributed by atoms with Gasteiger partial charge >= 0.3 is 0 Å². The van der Waals surface area contributed by atoms with Gasteiger partial charge in [-0.1, -0.05) is 30.0 Å². The molecule has 3 rings (SSSR count). The number of rotatable bonds is 9. The molecule has 0 radical (unpaired) electrons. The molecule has 0 aliphatic rings. The van der Waals surface area contributed by atoms with E-state index in [9.17, 15) is 14.0 Å². The van der Waals surface area contributed by atoms with Gasteiger partial charge in [0.1, 0.15) is 16.6 Å². The number of ether oxygens (including phenoxy) is 1. The molecule has 1 heterocycles. The lowest BCUT2D eigenvalue weighted by Crippen LogP contribution is -2.27. The molecule has 0 saturated heterocycles. The van der Waals surface area contributed by atoms with Gasteiger partial charge in [-0.3, -0.25) is 9.59 Å². The molecule has 0 atom stereocenters. The number of benzene rings is 2. The highest BCUT2D eigenvalue weighted by atomic mass is 32.2. The molecular weight excluding hydrogens is 419 g/mol. The molecule has 3 aromatic rings. The molecular formula is C22H21FN4O3S. The average molecular weight is 441 g/mol. The van der Waals surface area contributed by atoms with Gasteiger partial charge in [0.15, 0.2) is 5.82 Å². The molecule has 9 heteroatoms. The van der Waals surface area contributed by atoms with Gasteiger partial charge in [0, 0.05) is 12.1 Å². The van der Waals surface area contributed by atoms with Gasteiger partial charge in [0.25, 0.3) is 5.91 Å². The fourth-order valence-corrected chi connectivity index (χ4v) is 3.25. The number of anilines is 1. The van der Waals surface area contributed by atoms with Crippen LogP contribution >= 0.6 is 11.8 Å². The lowest BCUT2D eigenvalue weighted by Gasteiger charge is -2.07. The van der Waals surface area contributed by atoms with Gasteiger partial charge in [-0.2, -0.15) is 0 Å². The predicted molar refractivity (Wildman–Crippen MR) is 117 cm³/mol. The van der Waals surface area contributed by atoms with Gasteiger partial charge in [0.2, 0.25) is 5.91 Å². The lowest BCUT2D eigenvalue weighted by molar-refractivity contribution is -0.118. The van der Waals surface area contributed by atoms with Crippen molar-refractivity contribution in [1.29, 1.82) is 0 Å². The number of nitrogens with one attached hydrogen (secondary N) is 2. The van der Waals surface area contributed by atoms with Crippen molar-refractivity contribution in [1.82, 2.24) is 15.5 Å². The molecule has 1 aromatic heterocycles. The van der Waals surface area contributed by atoms with Crippen molar-refractivity contribution in [2.45, 2.75) is 11.4 Å². The first-order chi connectivity index (χ1) is 15.0. The molecule has 7 nitrogen and oxygen atoms in total. The topological polar surface area (TPSA) is 93.2 Å². The Hall–Kier alpha value is -3.46. The molecule has 2 N–H and O–H groups in total. The summed E-state index contributed by atoms with van der Waals surface area (Å²) in [6.45, 7) is 0.530. The van der Waals surface area contributed by atoms with Gasteiger partial charge < -0.3 is 15.4 Å². The van der Waals surface area contributed by atoms with Crippen LogP contribution in [-0.2, 0) is 11.2 Å². The highest BCUT2D eigenvalue weighted by molar-refractivity contribution is 7.99. The fourth-order valence-electron chi connectivity index (χ4n) is 2.61. The quantitative estimate of drug-likeness (QED) is 0.496. The molecule has 160 valence electrons. The Morgan fingerprint density at radius 2 is 1.87 bits per heavy atom. The van der Waals surface area contributed by atoms with Crippen LogP contribution in [0.15, 0.2) is 65.7 Å². The monoisotopic (exact) mass is 440 g/mol. The van der Waals surface area contributed by atoms with Crippen LogP contribution in [0.5, 0.6) is 5.75 Å². The second-order valence-electron chi connectivity index (χ2n) is 6.46. The number of hydrogen-bond donors (Lipinski definition) is 2. The summed E-state index contributed by atoms with van der Waals surface area (Å²) in [6.07, 6.45) is 0.722. The van der Waals surface area contributed by atoms with Crippen molar-refractivity contribution in [3.8, 4) is 5.75 Å². The zero-order chi connectivity index (χ0) is 22.1. The first-order valence-electron chi connectivity index (χ1n) is 9.46. The molecule has 0 bridgehead atoms. The zero-order valence-corrected chi connectivity index (χ0v) is 17.6. The van der Waals surface area contributed by atoms with Crippen molar-refractivity contribution < 1.29 is 18.7 Å². The van der Waals surface area contributed by atoms with Crippen LogP contribution in [0.25, 0.3) is 0 Å². The Balaban J connectivity index is 1.40. The first-order valence-corrected chi connectivity index (χ1v) is 10.4. The minimum Gasteiger partial charge on any atom is -0.497 e. The van der Waals surface area contributed by atoms with Crippen molar-refractivity contribution in [2.24, 2.45) is 0 Å². The Morgan fingerprint density at radius 3 is 2.55 bits per heavy atom. The van der Waals surface area contributed by atoms with E-state index >= 15 is 0 Å².